The number of benzene rings is 1. The van der Waals surface area contributed by atoms with E-state index in [0.717, 1.165) is 17.6 Å². The summed E-state index contributed by atoms with van der Waals surface area (Å²) in [5.74, 6) is 0.106. The molecule has 0 radical (unpaired) electrons. The van der Waals surface area contributed by atoms with Crippen LogP contribution in [0.5, 0.6) is 0 Å². The summed E-state index contributed by atoms with van der Waals surface area (Å²) in [5.41, 5.74) is 3.08. The molecule has 0 amide bonds. The van der Waals surface area contributed by atoms with Crippen LogP contribution >= 0.6 is 11.3 Å². The Morgan fingerprint density at radius 3 is 2.28 bits per heavy atom. The van der Waals surface area contributed by atoms with Crippen molar-refractivity contribution in [2.45, 2.75) is 13.3 Å². The Labute approximate surface area is 112 Å². The molecule has 18 heavy (non-hydrogen) atoms. The fraction of sp³-hybridized carbons (Fsp3) is 0.125. The fourth-order valence-corrected chi connectivity index (χ4v) is 2.61. The van der Waals surface area contributed by atoms with Crippen molar-refractivity contribution >= 4 is 22.7 Å². The van der Waals surface area contributed by atoms with E-state index in [0.29, 0.717) is 0 Å². The maximum Gasteiger partial charge on any atom is 0.115 e. The second-order valence-electron chi connectivity index (χ2n) is 4.33. The zero-order valence-electron chi connectivity index (χ0n) is 10.4. The summed E-state index contributed by atoms with van der Waals surface area (Å²) in [6.45, 7) is 9.74. The summed E-state index contributed by atoms with van der Waals surface area (Å²) in [4.78, 5) is 2.54. The molecule has 1 N–H and O–H groups in total. The minimum absolute atomic E-state index is 0.106. The summed E-state index contributed by atoms with van der Waals surface area (Å²) < 4.78 is 0. The van der Waals surface area contributed by atoms with Gasteiger partial charge in [0.05, 0.1) is 0 Å². The quantitative estimate of drug-likeness (QED) is 0.776. The van der Waals surface area contributed by atoms with Gasteiger partial charge in [-0.3, -0.25) is 0 Å². The van der Waals surface area contributed by atoms with Crippen molar-refractivity contribution in [1.82, 2.24) is 0 Å². The van der Waals surface area contributed by atoms with Crippen molar-refractivity contribution in [3.63, 3.8) is 0 Å². The monoisotopic (exact) mass is 256 g/mol. The molecule has 2 heteroatoms. The standard InChI is InChI=1S/C16H16OS/c1-11(16-9-4-12(2)18-16)10-14-5-7-15(8-6-14)13(3)17/h4-9,17H,1,3,10H2,2H3. The largest absolute Gasteiger partial charge is 0.508 e. The Kier molecular flexibility index (Phi) is 3.68. The van der Waals surface area contributed by atoms with E-state index >= 15 is 0 Å². The van der Waals surface area contributed by atoms with Gasteiger partial charge < -0.3 is 5.11 Å². The number of hydrogen-bond acceptors (Lipinski definition) is 2. The van der Waals surface area contributed by atoms with Crippen LogP contribution in [0.2, 0.25) is 0 Å². The van der Waals surface area contributed by atoms with Gasteiger partial charge in [-0.2, -0.15) is 0 Å². The van der Waals surface area contributed by atoms with Crippen LogP contribution in [-0.4, -0.2) is 5.11 Å². The van der Waals surface area contributed by atoms with Crippen molar-refractivity contribution in [3.8, 4) is 0 Å². The predicted molar refractivity (Wildman–Crippen MR) is 79.9 cm³/mol. The lowest BCUT2D eigenvalue weighted by Gasteiger charge is -2.05. The van der Waals surface area contributed by atoms with E-state index < -0.39 is 0 Å². The van der Waals surface area contributed by atoms with Crippen LogP contribution in [0.15, 0.2) is 49.6 Å². The van der Waals surface area contributed by atoms with Gasteiger partial charge in [-0.15, -0.1) is 11.3 Å². The highest BCUT2D eigenvalue weighted by atomic mass is 32.1. The molecule has 1 nitrogen and oxygen atoms in total. The Hall–Kier alpha value is -1.80. The molecule has 0 aliphatic rings. The molecule has 2 aromatic rings. The van der Waals surface area contributed by atoms with Gasteiger partial charge >= 0.3 is 0 Å². The lowest BCUT2D eigenvalue weighted by Crippen LogP contribution is -1.88. The zero-order valence-corrected chi connectivity index (χ0v) is 11.3. The second kappa shape index (κ2) is 5.23. The third-order valence-corrected chi connectivity index (χ3v) is 3.90. The molecular weight excluding hydrogens is 240 g/mol. The van der Waals surface area contributed by atoms with Gasteiger partial charge in [0.2, 0.25) is 0 Å². The van der Waals surface area contributed by atoms with Crippen LogP contribution in [-0.2, 0) is 6.42 Å². The summed E-state index contributed by atoms with van der Waals surface area (Å²) in [6.07, 6.45) is 0.831. The predicted octanol–water partition coefficient (Wildman–Crippen LogP) is 4.84. The van der Waals surface area contributed by atoms with Crippen LogP contribution in [0.1, 0.15) is 20.9 Å². The first-order valence-corrected chi connectivity index (χ1v) is 6.59. The first kappa shape index (κ1) is 12.7. The lowest BCUT2D eigenvalue weighted by atomic mass is 10.0. The number of aliphatic hydroxyl groups is 1. The zero-order chi connectivity index (χ0) is 13.1. The molecule has 0 bridgehead atoms. The number of thiophene rings is 1. The van der Waals surface area contributed by atoms with Gasteiger partial charge in [0, 0.05) is 15.3 Å². The van der Waals surface area contributed by atoms with E-state index in [1.807, 2.05) is 24.3 Å². The number of aryl methyl sites for hydroxylation is 1. The maximum atomic E-state index is 9.27. The van der Waals surface area contributed by atoms with Gasteiger partial charge in [0.25, 0.3) is 0 Å². The van der Waals surface area contributed by atoms with Crippen LogP contribution in [0.25, 0.3) is 11.3 Å². The van der Waals surface area contributed by atoms with E-state index in [-0.39, 0.29) is 5.76 Å². The second-order valence-corrected chi connectivity index (χ2v) is 5.62. The van der Waals surface area contributed by atoms with Crippen molar-refractivity contribution in [3.05, 3.63) is 70.4 Å². The molecule has 0 unspecified atom stereocenters. The molecular formula is C16H16OS. The number of rotatable bonds is 4. The highest BCUT2D eigenvalue weighted by molar-refractivity contribution is 7.13. The SMILES string of the molecule is C=C(O)c1ccc(CC(=C)c2ccc(C)s2)cc1. The third-order valence-electron chi connectivity index (χ3n) is 2.79. The Morgan fingerprint density at radius 1 is 1.11 bits per heavy atom. The summed E-state index contributed by atoms with van der Waals surface area (Å²) in [7, 11) is 0. The minimum atomic E-state index is 0.106. The average molecular weight is 256 g/mol. The molecule has 1 aromatic heterocycles. The molecule has 0 fully saturated rings. The van der Waals surface area contributed by atoms with E-state index in [9.17, 15) is 5.11 Å². The number of aliphatic hydroxyl groups excluding tert-OH is 1. The van der Waals surface area contributed by atoms with Gasteiger partial charge in [-0.25, -0.2) is 0 Å². The maximum absolute atomic E-state index is 9.27. The summed E-state index contributed by atoms with van der Waals surface area (Å²) >= 11 is 1.77. The van der Waals surface area contributed by atoms with E-state index in [1.54, 1.807) is 11.3 Å². The van der Waals surface area contributed by atoms with E-state index in [2.05, 4.69) is 32.2 Å². The molecule has 0 saturated carbocycles. The molecule has 0 spiro atoms. The van der Waals surface area contributed by atoms with Crippen LogP contribution in [0, 0.1) is 6.92 Å². The average Bonchev–Trinajstić information content (AvgIpc) is 2.76. The summed E-state index contributed by atoms with van der Waals surface area (Å²) in [5, 5.41) is 9.27. The van der Waals surface area contributed by atoms with Gasteiger partial charge in [0.15, 0.2) is 0 Å². The third kappa shape index (κ3) is 2.90. The lowest BCUT2D eigenvalue weighted by molar-refractivity contribution is 0.514. The molecule has 2 rings (SSSR count). The van der Waals surface area contributed by atoms with Crippen LogP contribution in [0.4, 0.5) is 0 Å². The van der Waals surface area contributed by atoms with Crippen molar-refractivity contribution in [2.24, 2.45) is 0 Å². The summed E-state index contributed by atoms with van der Waals surface area (Å²) in [6, 6.07) is 12.0. The normalized spacial score (nSPS) is 10.3. The molecule has 0 saturated heterocycles. The molecule has 1 heterocycles. The van der Waals surface area contributed by atoms with E-state index in [1.165, 1.54) is 15.3 Å². The Bertz CT molecular complexity index is 575. The highest BCUT2D eigenvalue weighted by Crippen LogP contribution is 2.25. The van der Waals surface area contributed by atoms with Gasteiger partial charge in [0.1, 0.15) is 5.76 Å². The van der Waals surface area contributed by atoms with Crippen molar-refractivity contribution in [2.75, 3.05) is 0 Å². The Balaban J connectivity index is 2.10. The number of allylic oxidation sites excluding steroid dienone is 1. The van der Waals surface area contributed by atoms with Crippen molar-refractivity contribution < 1.29 is 5.11 Å². The van der Waals surface area contributed by atoms with E-state index in [4.69, 9.17) is 0 Å². The molecule has 0 aliphatic heterocycles. The molecule has 0 aliphatic carbocycles. The molecule has 1 aromatic carbocycles. The highest BCUT2D eigenvalue weighted by Gasteiger charge is 2.04. The molecule has 92 valence electrons. The van der Waals surface area contributed by atoms with Gasteiger partial charge in [-0.1, -0.05) is 37.4 Å². The van der Waals surface area contributed by atoms with Crippen LogP contribution in [0.3, 0.4) is 0 Å². The smallest absolute Gasteiger partial charge is 0.115 e. The fourth-order valence-electron chi connectivity index (χ4n) is 1.77. The van der Waals surface area contributed by atoms with Gasteiger partial charge in [-0.05, 0) is 36.6 Å². The first-order valence-electron chi connectivity index (χ1n) is 5.78. The topological polar surface area (TPSA) is 20.2 Å². The minimum Gasteiger partial charge on any atom is -0.508 e. The Morgan fingerprint density at radius 2 is 1.78 bits per heavy atom. The van der Waals surface area contributed by atoms with Crippen molar-refractivity contribution in [1.29, 1.82) is 0 Å². The number of hydrogen-bond donors (Lipinski definition) is 1. The molecule has 0 atom stereocenters. The van der Waals surface area contributed by atoms with Crippen LogP contribution < -0.4 is 0 Å². The first-order chi connectivity index (χ1) is 8.56.